The van der Waals surface area contributed by atoms with Crippen molar-refractivity contribution in [1.29, 1.82) is 0 Å². The highest BCUT2D eigenvalue weighted by Gasteiger charge is 2.28. The Balaban J connectivity index is 0.00000256. The summed E-state index contributed by atoms with van der Waals surface area (Å²) in [5.74, 6) is -1.35. The zero-order valence-electron chi connectivity index (χ0n) is 8.76. The SMILES string of the molecule is Cl.O=C(CNC(=O)C1CNC1)NCC(F)(F)F. The molecule has 1 fully saturated rings. The van der Waals surface area contributed by atoms with Crippen molar-refractivity contribution in [2.75, 3.05) is 26.2 Å². The molecule has 1 aliphatic rings. The summed E-state index contributed by atoms with van der Waals surface area (Å²) >= 11 is 0. The summed E-state index contributed by atoms with van der Waals surface area (Å²) in [5.41, 5.74) is 0. The van der Waals surface area contributed by atoms with Gasteiger partial charge < -0.3 is 16.0 Å². The quantitative estimate of drug-likeness (QED) is 0.643. The number of carbonyl (C=O) groups excluding carboxylic acids is 2. The van der Waals surface area contributed by atoms with Crippen molar-refractivity contribution in [3.8, 4) is 0 Å². The van der Waals surface area contributed by atoms with E-state index in [-0.39, 0.29) is 24.2 Å². The van der Waals surface area contributed by atoms with Gasteiger partial charge in [0.25, 0.3) is 0 Å². The first-order valence-electron chi connectivity index (χ1n) is 4.70. The van der Waals surface area contributed by atoms with E-state index in [1.54, 1.807) is 5.32 Å². The third kappa shape index (κ3) is 6.32. The van der Waals surface area contributed by atoms with Gasteiger partial charge in [-0.05, 0) is 0 Å². The van der Waals surface area contributed by atoms with Gasteiger partial charge in [0.2, 0.25) is 11.8 Å². The number of nitrogens with one attached hydrogen (secondary N) is 3. The van der Waals surface area contributed by atoms with Gasteiger partial charge in [-0.3, -0.25) is 9.59 Å². The molecule has 0 saturated carbocycles. The lowest BCUT2D eigenvalue weighted by Gasteiger charge is -2.25. The van der Waals surface area contributed by atoms with Gasteiger partial charge in [-0.15, -0.1) is 12.4 Å². The van der Waals surface area contributed by atoms with Gasteiger partial charge >= 0.3 is 6.18 Å². The van der Waals surface area contributed by atoms with Crippen LogP contribution < -0.4 is 16.0 Å². The molecule has 0 aromatic rings. The molecule has 0 bridgehead atoms. The Kier molecular flexibility index (Phi) is 6.25. The zero-order chi connectivity index (χ0) is 12.2. The summed E-state index contributed by atoms with van der Waals surface area (Å²) in [5, 5.41) is 6.79. The van der Waals surface area contributed by atoms with Crippen LogP contribution in [0.3, 0.4) is 0 Å². The molecule has 2 amide bonds. The molecule has 1 rings (SSSR count). The van der Waals surface area contributed by atoms with Crippen LogP contribution in [0.15, 0.2) is 0 Å². The molecule has 17 heavy (non-hydrogen) atoms. The molecule has 0 atom stereocenters. The van der Waals surface area contributed by atoms with E-state index in [9.17, 15) is 22.8 Å². The van der Waals surface area contributed by atoms with E-state index in [0.717, 1.165) is 0 Å². The second kappa shape index (κ2) is 6.65. The normalized spacial score (nSPS) is 15.5. The Hall–Kier alpha value is -1.02. The monoisotopic (exact) mass is 275 g/mol. The van der Waals surface area contributed by atoms with Crippen molar-refractivity contribution < 1.29 is 22.8 Å². The summed E-state index contributed by atoms with van der Waals surface area (Å²) in [6.45, 7) is -0.732. The van der Waals surface area contributed by atoms with Crippen LogP contribution in [0, 0.1) is 5.92 Å². The number of alkyl halides is 3. The van der Waals surface area contributed by atoms with Gasteiger partial charge in [-0.1, -0.05) is 0 Å². The van der Waals surface area contributed by atoms with Crippen molar-refractivity contribution in [2.45, 2.75) is 6.18 Å². The van der Waals surface area contributed by atoms with Crippen LogP contribution in [-0.2, 0) is 9.59 Å². The molecule has 0 radical (unpaired) electrons. The summed E-state index contributed by atoms with van der Waals surface area (Å²) in [6, 6.07) is 0. The van der Waals surface area contributed by atoms with Gasteiger partial charge in [0.1, 0.15) is 6.54 Å². The van der Waals surface area contributed by atoms with Gasteiger partial charge in [0.15, 0.2) is 0 Å². The molecule has 5 nitrogen and oxygen atoms in total. The van der Waals surface area contributed by atoms with E-state index < -0.39 is 25.2 Å². The van der Waals surface area contributed by atoms with E-state index in [0.29, 0.717) is 13.1 Å². The number of amides is 2. The predicted octanol–water partition coefficient (Wildman–Crippen LogP) is -0.578. The van der Waals surface area contributed by atoms with Crippen molar-refractivity contribution >= 4 is 24.2 Å². The number of halogens is 4. The Morgan fingerprint density at radius 3 is 2.24 bits per heavy atom. The molecule has 0 aromatic carbocycles. The van der Waals surface area contributed by atoms with Gasteiger partial charge in [-0.2, -0.15) is 13.2 Å². The van der Waals surface area contributed by atoms with Gasteiger partial charge in [0.05, 0.1) is 12.5 Å². The molecule has 0 spiro atoms. The lowest BCUT2D eigenvalue weighted by atomic mass is 10.0. The minimum Gasteiger partial charge on any atom is -0.347 e. The number of rotatable bonds is 4. The smallest absolute Gasteiger partial charge is 0.347 e. The molecule has 1 saturated heterocycles. The maximum atomic E-state index is 11.7. The molecule has 0 aliphatic carbocycles. The highest BCUT2D eigenvalue weighted by atomic mass is 35.5. The van der Waals surface area contributed by atoms with Crippen LogP contribution in [0.2, 0.25) is 0 Å². The molecular formula is C8H13ClF3N3O2. The number of hydrogen-bond acceptors (Lipinski definition) is 3. The fourth-order valence-corrected chi connectivity index (χ4v) is 1.05. The molecule has 1 heterocycles. The average molecular weight is 276 g/mol. The third-order valence-electron chi connectivity index (χ3n) is 2.06. The van der Waals surface area contributed by atoms with Crippen LogP contribution in [-0.4, -0.2) is 44.2 Å². The van der Waals surface area contributed by atoms with E-state index in [2.05, 4.69) is 10.6 Å². The first-order chi connectivity index (χ1) is 7.38. The molecule has 9 heteroatoms. The molecular weight excluding hydrogens is 263 g/mol. The molecule has 0 unspecified atom stereocenters. The highest BCUT2D eigenvalue weighted by Crippen LogP contribution is 2.11. The standard InChI is InChI=1S/C8H12F3N3O2.ClH/c9-8(10,11)4-14-6(15)3-13-7(16)5-1-12-2-5;/h5,12H,1-4H2,(H,13,16)(H,14,15);1H. The van der Waals surface area contributed by atoms with Crippen LogP contribution >= 0.6 is 12.4 Å². The van der Waals surface area contributed by atoms with E-state index >= 15 is 0 Å². The molecule has 0 aromatic heterocycles. The maximum Gasteiger partial charge on any atom is 0.405 e. The number of carbonyl (C=O) groups is 2. The van der Waals surface area contributed by atoms with Crippen LogP contribution in [0.1, 0.15) is 0 Å². The predicted molar refractivity (Wildman–Crippen MR) is 55.7 cm³/mol. The lowest BCUT2D eigenvalue weighted by Crippen LogP contribution is -2.52. The fraction of sp³-hybridized carbons (Fsp3) is 0.750. The lowest BCUT2D eigenvalue weighted by molar-refractivity contribution is -0.138. The highest BCUT2D eigenvalue weighted by molar-refractivity contribution is 5.86. The van der Waals surface area contributed by atoms with Crippen LogP contribution in [0.25, 0.3) is 0 Å². The summed E-state index contributed by atoms with van der Waals surface area (Å²) in [6.07, 6.45) is -4.43. The maximum absolute atomic E-state index is 11.7. The minimum absolute atomic E-state index is 0. The number of hydrogen-bond donors (Lipinski definition) is 3. The second-order valence-corrected chi connectivity index (χ2v) is 3.46. The topological polar surface area (TPSA) is 70.2 Å². The van der Waals surface area contributed by atoms with Crippen molar-refractivity contribution in [1.82, 2.24) is 16.0 Å². The van der Waals surface area contributed by atoms with Crippen LogP contribution in [0.4, 0.5) is 13.2 Å². The van der Waals surface area contributed by atoms with E-state index in [4.69, 9.17) is 0 Å². The molecule has 1 aliphatic heterocycles. The Labute approximate surface area is 102 Å². The van der Waals surface area contributed by atoms with Crippen molar-refractivity contribution in [2.24, 2.45) is 5.92 Å². The average Bonchev–Trinajstić information content (AvgIpc) is 2.07. The minimum atomic E-state index is -4.43. The van der Waals surface area contributed by atoms with Crippen molar-refractivity contribution in [3.05, 3.63) is 0 Å². The first-order valence-corrected chi connectivity index (χ1v) is 4.70. The molecule has 100 valence electrons. The largest absolute Gasteiger partial charge is 0.405 e. The Morgan fingerprint density at radius 1 is 1.24 bits per heavy atom. The van der Waals surface area contributed by atoms with E-state index in [1.807, 2.05) is 0 Å². The van der Waals surface area contributed by atoms with Crippen LogP contribution in [0.5, 0.6) is 0 Å². The summed E-state index contributed by atoms with van der Waals surface area (Å²) < 4.78 is 35.1. The second-order valence-electron chi connectivity index (χ2n) is 3.46. The van der Waals surface area contributed by atoms with Crippen molar-refractivity contribution in [3.63, 3.8) is 0 Å². The Bertz CT molecular complexity index is 282. The van der Waals surface area contributed by atoms with E-state index in [1.165, 1.54) is 0 Å². The summed E-state index contributed by atoms with van der Waals surface area (Å²) in [7, 11) is 0. The molecule has 3 N–H and O–H groups in total. The third-order valence-corrected chi connectivity index (χ3v) is 2.06. The van der Waals surface area contributed by atoms with Gasteiger partial charge in [0, 0.05) is 13.1 Å². The van der Waals surface area contributed by atoms with Gasteiger partial charge in [-0.25, -0.2) is 0 Å². The fourth-order valence-electron chi connectivity index (χ4n) is 1.05. The Morgan fingerprint density at radius 2 is 1.82 bits per heavy atom. The first kappa shape index (κ1) is 16.0. The summed E-state index contributed by atoms with van der Waals surface area (Å²) in [4.78, 5) is 22.1. The zero-order valence-corrected chi connectivity index (χ0v) is 9.58.